The summed E-state index contributed by atoms with van der Waals surface area (Å²) in [5, 5.41) is 8.62. The normalized spacial score (nSPS) is 13.3. The molecule has 0 aromatic heterocycles. The molecule has 0 aliphatic rings. The van der Waals surface area contributed by atoms with Gasteiger partial charge in [-0.3, -0.25) is 14.3 Å². The summed E-state index contributed by atoms with van der Waals surface area (Å²) in [5.41, 5.74) is 0. The number of nitrogens with one attached hydrogen (secondary N) is 1. The lowest BCUT2D eigenvalue weighted by Crippen LogP contribution is -2.38. The molecule has 0 fully saturated rings. The smallest absolute Gasteiger partial charge is 0.316 e. The summed E-state index contributed by atoms with van der Waals surface area (Å²) < 4.78 is 22.9. The fraction of sp³-hybridized carbons (Fsp3) is 0.714. The molecule has 0 bridgehead atoms. The van der Waals surface area contributed by atoms with Crippen molar-refractivity contribution in [3.63, 3.8) is 0 Å². The van der Waals surface area contributed by atoms with Crippen molar-refractivity contribution < 1.29 is 23.1 Å². The van der Waals surface area contributed by atoms with Crippen LogP contribution in [-0.2, 0) is 19.6 Å². The number of carbonyl (C=O) groups is 2. The minimum absolute atomic E-state index is 0.122. The molecule has 1 amide bonds. The van der Waals surface area contributed by atoms with Gasteiger partial charge in [0.25, 0.3) is 0 Å². The SMILES string of the molecule is CCCC(C(=O)O)C(=O)NS(C)(=O)=O. The van der Waals surface area contributed by atoms with Gasteiger partial charge in [-0.15, -0.1) is 0 Å². The number of hydrogen-bond acceptors (Lipinski definition) is 4. The molecule has 82 valence electrons. The predicted octanol–water partition coefficient (Wildman–Crippen LogP) is -0.437. The van der Waals surface area contributed by atoms with Crippen molar-refractivity contribution in [2.75, 3.05) is 6.26 Å². The standard InChI is InChI=1S/C7H13NO5S/c1-3-4-5(7(10)11)6(9)8-14(2,12)13/h5H,3-4H2,1-2H3,(H,8,9)(H,10,11). The highest BCUT2D eigenvalue weighted by atomic mass is 32.2. The molecule has 6 nitrogen and oxygen atoms in total. The highest BCUT2D eigenvalue weighted by molar-refractivity contribution is 7.89. The van der Waals surface area contributed by atoms with Gasteiger partial charge in [0.2, 0.25) is 15.9 Å². The van der Waals surface area contributed by atoms with E-state index in [1.54, 1.807) is 11.6 Å². The zero-order chi connectivity index (χ0) is 11.4. The van der Waals surface area contributed by atoms with E-state index in [1.165, 1.54) is 0 Å². The lowest BCUT2D eigenvalue weighted by Gasteiger charge is -2.09. The topological polar surface area (TPSA) is 101 Å². The zero-order valence-corrected chi connectivity index (χ0v) is 8.80. The minimum atomic E-state index is -3.68. The molecule has 1 unspecified atom stereocenters. The lowest BCUT2D eigenvalue weighted by atomic mass is 10.0. The summed E-state index contributed by atoms with van der Waals surface area (Å²) in [6.07, 6.45) is 1.42. The number of sulfonamides is 1. The Hall–Kier alpha value is -1.11. The molecule has 0 aliphatic carbocycles. The maximum Gasteiger partial charge on any atom is 0.316 e. The molecule has 0 aromatic carbocycles. The Kier molecular flexibility index (Phi) is 4.55. The molecular formula is C7H13NO5S. The number of amides is 1. The predicted molar refractivity (Wildman–Crippen MR) is 49.0 cm³/mol. The maximum absolute atomic E-state index is 11.1. The van der Waals surface area contributed by atoms with Crippen LogP contribution in [0.5, 0.6) is 0 Å². The average Bonchev–Trinajstić information content (AvgIpc) is 1.95. The van der Waals surface area contributed by atoms with Crippen LogP contribution in [0, 0.1) is 5.92 Å². The summed E-state index contributed by atoms with van der Waals surface area (Å²) in [4.78, 5) is 21.7. The van der Waals surface area contributed by atoms with E-state index in [9.17, 15) is 18.0 Å². The van der Waals surface area contributed by atoms with Crippen molar-refractivity contribution in [2.24, 2.45) is 5.92 Å². The van der Waals surface area contributed by atoms with Crippen LogP contribution in [0.25, 0.3) is 0 Å². The molecule has 0 saturated carbocycles. The lowest BCUT2D eigenvalue weighted by molar-refractivity contribution is -0.146. The molecule has 0 spiro atoms. The monoisotopic (exact) mass is 223 g/mol. The third kappa shape index (κ3) is 4.80. The van der Waals surface area contributed by atoms with Crippen LogP contribution in [0.15, 0.2) is 0 Å². The van der Waals surface area contributed by atoms with E-state index >= 15 is 0 Å². The molecule has 0 aliphatic heterocycles. The van der Waals surface area contributed by atoms with Crippen LogP contribution in [0.3, 0.4) is 0 Å². The second-order valence-electron chi connectivity index (χ2n) is 2.92. The van der Waals surface area contributed by atoms with Crippen LogP contribution >= 0.6 is 0 Å². The van der Waals surface area contributed by atoms with E-state index in [0.717, 1.165) is 6.26 Å². The number of aliphatic carboxylic acids is 1. The molecule has 0 heterocycles. The van der Waals surface area contributed by atoms with Crippen molar-refractivity contribution in [2.45, 2.75) is 19.8 Å². The van der Waals surface area contributed by atoms with Gasteiger partial charge in [-0.2, -0.15) is 0 Å². The molecule has 0 aromatic rings. The van der Waals surface area contributed by atoms with Crippen molar-refractivity contribution in [1.82, 2.24) is 4.72 Å². The number of carboxylic acids is 1. The van der Waals surface area contributed by atoms with Crippen LogP contribution < -0.4 is 4.72 Å². The molecule has 0 radical (unpaired) electrons. The first kappa shape index (κ1) is 12.9. The number of carboxylic acid groups (broad SMARTS) is 1. The Morgan fingerprint density at radius 2 is 1.93 bits per heavy atom. The van der Waals surface area contributed by atoms with Crippen molar-refractivity contribution >= 4 is 21.9 Å². The van der Waals surface area contributed by atoms with E-state index < -0.39 is 27.8 Å². The second-order valence-corrected chi connectivity index (χ2v) is 4.67. The van der Waals surface area contributed by atoms with Crippen molar-refractivity contribution in [3.8, 4) is 0 Å². The molecule has 2 N–H and O–H groups in total. The van der Waals surface area contributed by atoms with Gasteiger partial charge < -0.3 is 5.11 Å². The third-order valence-electron chi connectivity index (χ3n) is 1.48. The second kappa shape index (κ2) is 4.94. The van der Waals surface area contributed by atoms with E-state index in [4.69, 9.17) is 5.11 Å². The van der Waals surface area contributed by atoms with Crippen molar-refractivity contribution in [3.05, 3.63) is 0 Å². The van der Waals surface area contributed by atoms with Gasteiger partial charge in [-0.05, 0) is 6.42 Å². The largest absolute Gasteiger partial charge is 0.481 e. The molecule has 1 atom stereocenters. The number of hydrogen-bond donors (Lipinski definition) is 2. The number of carbonyl (C=O) groups excluding carboxylic acids is 1. The Morgan fingerprint density at radius 3 is 2.21 bits per heavy atom. The molecule has 0 rings (SSSR count). The van der Waals surface area contributed by atoms with Crippen LogP contribution in [0.2, 0.25) is 0 Å². The van der Waals surface area contributed by atoms with Gasteiger partial charge in [0.15, 0.2) is 0 Å². The van der Waals surface area contributed by atoms with Crippen LogP contribution in [0.4, 0.5) is 0 Å². The summed E-state index contributed by atoms with van der Waals surface area (Å²) in [6.45, 7) is 1.71. The van der Waals surface area contributed by atoms with E-state index in [0.29, 0.717) is 6.42 Å². The fourth-order valence-corrected chi connectivity index (χ4v) is 1.42. The van der Waals surface area contributed by atoms with Gasteiger partial charge in [-0.25, -0.2) is 8.42 Å². The summed E-state index contributed by atoms with van der Waals surface area (Å²) in [5.74, 6) is -3.59. The van der Waals surface area contributed by atoms with Gasteiger partial charge in [0.05, 0.1) is 6.26 Å². The molecule has 14 heavy (non-hydrogen) atoms. The van der Waals surface area contributed by atoms with Crippen LogP contribution in [-0.4, -0.2) is 31.7 Å². The van der Waals surface area contributed by atoms with Gasteiger partial charge >= 0.3 is 5.97 Å². The Balaban J connectivity index is 4.53. The van der Waals surface area contributed by atoms with E-state index in [2.05, 4.69) is 0 Å². The molecule has 7 heteroatoms. The van der Waals surface area contributed by atoms with Gasteiger partial charge in [0, 0.05) is 0 Å². The Bertz CT molecular complexity index is 321. The Labute approximate surface area is 82.4 Å². The molecule has 0 saturated heterocycles. The quantitative estimate of drug-likeness (QED) is 0.615. The van der Waals surface area contributed by atoms with Crippen molar-refractivity contribution in [1.29, 1.82) is 0 Å². The average molecular weight is 223 g/mol. The highest BCUT2D eigenvalue weighted by Gasteiger charge is 2.26. The first-order valence-corrected chi connectivity index (χ1v) is 5.91. The van der Waals surface area contributed by atoms with Gasteiger partial charge in [-0.1, -0.05) is 13.3 Å². The summed E-state index contributed by atoms with van der Waals surface area (Å²) in [7, 11) is -3.68. The minimum Gasteiger partial charge on any atom is -0.481 e. The first-order chi connectivity index (χ1) is 6.28. The number of rotatable bonds is 5. The van der Waals surface area contributed by atoms with E-state index in [-0.39, 0.29) is 6.42 Å². The zero-order valence-electron chi connectivity index (χ0n) is 7.98. The van der Waals surface area contributed by atoms with Gasteiger partial charge in [0.1, 0.15) is 5.92 Å². The first-order valence-electron chi connectivity index (χ1n) is 4.02. The third-order valence-corrected chi connectivity index (χ3v) is 2.05. The fourth-order valence-electron chi connectivity index (χ4n) is 0.909. The summed E-state index contributed by atoms with van der Waals surface area (Å²) >= 11 is 0. The summed E-state index contributed by atoms with van der Waals surface area (Å²) in [6, 6.07) is 0. The Morgan fingerprint density at radius 1 is 1.43 bits per heavy atom. The van der Waals surface area contributed by atoms with Crippen LogP contribution in [0.1, 0.15) is 19.8 Å². The highest BCUT2D eigenvalue weighted by Crippen LogP contribution is 2.06. The maximum atomic E-state index is 11.1. The molecular weight excluding hydrogens is 210 g/mol. The van der Waals surface area contributed by atoms with E-state index in [1.807, 2.05) is 0 Å².